The van der Waals surface area contributed by atoms with Crippen LogP contribution in [0.25, 0.3) is 22.5 Å². The van der Waals surface area contributed by atoms with Crippen molar-refractivity contribution in [2.24, 2.45) is 0 Å². The van der Waals surface area contributed by atoms with E-state index in [4.69, 9.17) is 11.6 Å². The maximum Gasteiger partial charge on any atom is 0.102 e. The van der Waals surface area contributed by atoms with Crippen LogP contribution in [0.4, 0.5) is 0 Å². The van der Waals surface area contributed by atoms with Crippen LogP contribution in [0.5, 0.6) is 0 Å². The molecule has 94 valence electrons. The number of aryl methyl sites for hydroxylation is 1. The van der Waals surface area contributed by atoms with Gasteiger partial charge in [-0.3, -0.25) is 10.1 Å². The lowest BCUT2D eigenvalue weighted by molar-refractivity contribution is 1.05. The van der Waals surface area contributed by atoms with Gasteiger partial charge in [0.2, 0.25) is 0 Å². The van der Waals surface area contributed by atoms with E-state index < -0.39 is 0 Å². The van der Waals surface area contributed by atoms with Gasteiger partial charge in [0.25, 0.3) is 0 Å². The van der Waals surface area contributed by atoms with Crippen molar-refractivity contribution < 1.29 is 0 Å². The van der Waals surface area contributed by atoms with Gasteiger partial charge in [-0.2, -0.15) is 5.10 Å². The summed E-state index contributed by atoms with van der Waals surface area (Å²) in [6.07, 6.45) is 1.78. The van der Waals surface area contributed by atoms with Gasteiger partial charge >= 0.3 is 0 Å². The first-order chi connectivity index (χ1) is 9.25. The summed E-state index contributed by atoms with van der Waals surface area (Å²) >= 11 is 6.05. The van der Waals surface area contributed by atoms with Gasteiger partial charge in [-0.1, -0.05) is 29.8 Å². The van der Waals surface area contributed by atoms with Crippen molar-refractivity contribution >= 4 is 11.6 Å². The molecule has 0 aliphatic heterocycles. The van der Waals surface area contributed by atoms with Crippen LogP contribution in [0, 0.1) is 6.92 Å². The normalized spacial score (nSPS) is 10.6. The first kappa shape index (κ1) is 11.9. The number of aromatic amines is 1. The second kappa shape index (κ2) is 4.86. The molecule has 0 fully saturated rings. The zero-order valence-corrected chi connectivity index (χ0v) is 11.1. The van der Waals surface area contributed by atoms with Crippen molar-refractivity contribution in [2.45, 2.75) is 6.92 Å². The topological polar surface area (TPSA) is 41.6 Å². The zero-order chi connectivity index (χ0) is 13.2. The summed E-state index contributed by atoms with van der Waals surface area (Å²) in [5, 5.41) is 8.10. The van der Waals surface area contributed by atoms with E-state index in [0.717, 1.165) is 28.2 Å². The van der Waals surface area contributed by atoms with Gasteiger partial charge in [0.15, 0.2) is 0 Å². The number of aromatic nitrogens is 3. The second-order valence-corrected chi connectivity index (χ2v) is 4.73. The summed E-state index contributed by atoms with van der Waals surface area (Å²) in [4.78, 5) is 4.40. The van der Waals surface area contributed by atoms with E-state index in [9.17, 15) is 0 Å². The Balaban J connectivity index is 2.19. The summed E-state index contributed by atoms with van der Waals surface area (Å²) in [5.41, 5.74) is 4.77. The van der Waals surface area contributed by atoms with Crippen LogP contribution >= 0.6 is 11.6 Å². The maximum absolute atomic E-state index is 6.05. The van der Waals surface area contributed by atoms with Gasteiger partial charge in [0.1, 0.15) is 5.69 Å². The zero-order valence-electron chi connectivity index (χ0n) is 10.4. The minimum atomic E-state index is 0.699. The van der Waals surface area contributed by atoms with E-state index in [1.54, 1.807) is 6.20 Å². The van der Waals surface area contributed by atoms with Crippen molar-refractivity contribution in [3.63, 3.8) is 0 Å². The number of nitrogens with one attached hydrogen (secondary N) is 1. The maximum atomic E-state index is 6.05. The van der Waals surface area contributed by atoms with Gasteiger partial charge in [-0.05, 0) is 31.2 Å². The molecule has 0 radical (unpaired) electrons. The predicted octanol–water partition coefficient (Wildman–Crippen LogP) is 4.10. The van der Waals surface area contributed by atoms with Gasteiger partial charge in [0, 0.05) is 28.0 Å². The van der Waals surface area contributed by atoms with Crippen LogP contribution in [0.1, 0.15) is 5.69 Å². The number of halogens is 1. The number of H-pyrrole nitrogens is 1. The third-order valence-electron chi connectivity index (χ3n) is 2.97. The van der Waals surface area contributed by atoms with E-state index in [1.165, 1.54) is 0 Å². The minimum absolute atomic E-state index is 0.699. The van der Waals surface area contributed by atoms with Crippen LogP contribution in [0.15, 0.2) is 48.7 Å². The molecule has 0 saturated carbocycles. The number of benzene rings is 1. The van der Waals surface area contributed by atoms with E-state index in [1.807, 2.05) is 49.4 Å². The molecule has 4 heteroatoms. The van der Waals surface area contributed by atoms with E-state index in [2.05, 4.69) is 15.2 Å². The average molecular weight is 270 g/mol. The Morgan fingerprint density at radius 3 is 2.74 bits per heavy atom. The SMILES string of the molecule is Cc1[nH]nc(-c2cccc(Cl)c2)c1-c1ccccn1. The summed E-state index contributed by atoms with van der Waals surface area (Å²) < 4.78 is 0. The number of hydrogen-bond donors (Lipinski definition) is 1. The Kier molecular flexibility index (Phi) is 3.05. The lowest BCUT2D eigenvalue weighted by Crippen LogP contribution is -1.86. The van der Waals surface area contributed by atoms with Gasteiger partial charge in [-0.25, -0.2) is 0 Å². The number of rotatable bonds is 2. The van der Waals surface area contributed by atoms with Crippen molar-refractivity contribution in [3.8, 4) is 22.5 Å². The summed E-state index contributed by atoms with van der Waals surface area (Å²) in [5.74, 6) is 0. The molecule has 0 bridgehead atoms. The molecule has 0 spiro atoms. The van der Waals surface area contributed by atoms with Crippen LogP contribution in [0.2, 0.25) is 5.02 Å². The van der Waals surface area contributed by atoms with E-state index in [0.29, 0.717) is 5.02 Å². The number of nitrogens with zero attached hydrogens (tertiary/aromatic N) is 2. The highest BCUT2D eigenvalue weighted by atomic mass is 35.5. The van der Waals surface area contributed by atoms with Crippen LogP contribution < -0.4 is 0 Å². The highest BCUT2D eigenvalue weighted by Crippen LogP contribution is 2.32. The second-order valence-electron chi connectivity index (χ2n) is 4.30. The molecule has 3 rings (SSSR count). The molecule has 0 unspecified atom stereocenters. The molecule has 3 nitrogen and oxygen atoms in total. The van der Waals surface area contributed by atoms with Crippen molar-refractivity contribution in [1.29, 1.82) is 0 Å². The Labute approximate surface area is 116 Å². The summed E-state index contributed by atoms with van der Waals surface area (Å²) in [6.45, 7) is 1.99. The third kappa shape index (κ3) is 2.25. The largest absolute Gasteiger partial charge is 0.282 e. The van der Waals surface area contributed by atoms with E-state index >= 15 is 0 Å². The number of hydrogen-bond acceptors (Lipinski definition) is 2. The highest BCUT2D eigenvalue weighted by Gasteiger charge is 2.15. The summed E-state index contributed by atoms with van der Waals surface area (Å²) in [7, 11) is 0. The minimum Gasteiger partial charge on any atom is -0.282 e. The average Bonchev–Trinajstić information content (AvgIpc) is 2.82. The Morgan fingerprint density at radius 2 is 2.00 bits per heavy atom. The fourth-order valence-electron chi connectivity index (χ4n) is 2.10. The predicted molar refractivity (Wildman–Crippen MR) is 77.0 cm³/mol. The molecule has 2 heterocycles. The number of pyridine rings is 1. The Bertz CT molecular complexity index is 704. The Morgan fingerprint density at radius 1 is 1.11 bits per heavy atom. The van der Waals surface area contributed by atoms with Crippen LogP contribution in [0.3, 0.4) is 0 Å². The highest BCUT2D eigenvalue weighted by molar-refractivity contribution is 6.30. The molecule has 19 heavy (non-hydrogen) atoms. The fourth-order valence-corrected chi connectivity index (χ4v) is 2.29. The molecule has 0 atom stereocenters. The molecule has 3 aromatic rings. The van der Waals surface area contributed by atoms with Crippen molar-refractivity contribution in [3.05, 3.63) is 59.4 Å². The molecule has 0 aliphatic rings. The molecule has 0 amide bonds. The molecular formula is C15H12ClN3. The standard InChI is InChI=1S/C15H12ClN3/c1-10-14(13-7-2-3-8-17-13)15(19-18-10)11-5-4-6-12(16)9-11/h2-9H,1H3,(H,18,19). The molecule has 1 N–H and O–H groups in total. The first-order valence-corrected chi connectivity index (χ1v) is 6.36. The Hall–Kier alpha value is -2.13. The van der Waals surface area contributed by atoms with Crippen LogP contribution in [-0.4, -0.2) is 15.2 Å². The van der Waals surface area contributed by atoms with Crippen molar-refractivity contribution in [1.82, 2.24) is 15.2 Å². The van der Waals surface area contributed by atoms with Crippen LogP contribution in [-0.2, 0) is 0 Å². The van der Waals surface area contributed by atoms with Gasteiger partial charge in [-0.15, -0.1) is 0 Å². The quantitative estimate of drug-likeness (QED) is 0.761. The molecule has 2 aromatic heterocycles. The lowest BCUT2D eigenvalue weighted by atomic mass is 10.0. The first-order valence-electron chi connectivity index (χ1n) is 5.98. The fraction of sp³-hybridized carbons (Fsp3) is 0.0667. The molecule has 1 aromatic carbocycles. The molecule has 0 aliphatic carbocycles. The lowest BCUT2D eigenvalue weighted by Gasteiger charge is -2.04. The molecule has 0 saturated heterocycles. The third-order valence-corrected chi connectivity index (χ3v) is 3.20. The monoisotopic (exact) mass is 269 g/mol. The smallest absolute Gasteiger partial charge is 0.102 e. The van der Waals surface area contributed by atoms with E-state index in [-0.39, 0.29) is 0 Å². The van der Waals surface area contributed by atoms with Crippen molar-refractivity contribution in [2.75, 3.05) is 0 Å². The molecular weight excluding hydrogens is 258 g/mol. The van der Waals surface area contributed by atoms with Gasteiger partial charge < -0.3 is 0 Å². The van der Waals surface area contributed by atoms with Gasteiger partial charge in [0.05, 0.1) is 5.69 Å². The summed E-state index contributed by atoms with van der Waals surface area (Å²) in [6, 6.07) is 13.5.